The van der Waals surface area contributed by atoms with Gasteiger partial charge in [-0.2, -0.15) is 0 Å². The molecule has 0 radical (unpaired) electrons. The van der Waals surface area contributed by atoms with E-state index in [1.807, 2.05) is 0 Å². The molecule has 0 aromatic heterocycles. The number of hydrogen-bond donors (Lipinski definition) is 0. The first kappa shape index (κ1) is 38.1. The molecule has 0 fully saturated rings. The summed E-state index contributed by atoms with van der Waals surface area (Å²) in [6.07, 6.45) is 0. The van der Waals surface area contributed by atoms with E-state index < -0.39 is 0 Å². The summed E-state index contributed by atoms with van der Waals surface area (Å²) in [7, 11) is 0. The summed E-state index contributed by atoms with van der Waals surface area (Å²) in [6, 6.07) is 0. The summed E-state index contributed by atoms with van der Waals surface area (Å²) in [5.74, 6) is 0. The standard InChI is InChI=1S/6C4H10P.2Pd/c6*1-4(2,3)5;;/h6*5H,1-3H3;;/q6*-1;2*+3. The van der Waals surface area contributed by atoms with Crippen LogP contribution < -0.4 is 0 Å². The Hall–Kier alpha value is 3.90. The predicted octanol–water partition coefficient (Wildman–Crippen LogP) is 11.6. The van der Waals surface area contributed by atoms with Crippen molar-refractivity contribution >= 4 is 40.6 Å². The molecule has 0 rings (SSSR count). The Kier molecular flexibility index (Phi) is 17.7. The van der Waals surface area contributed by atoms with Crippen LogP contribution in [0.5, 0.6) is 0 Å². The Bertz CT molecular complexity index is 387. The van der Waals surface area contributed by atoms with E-state index in [4.69, 9.17) is 0 Å². The zero-order chi connectivity index (χ0) is 26.4. The molecule has 6 atom stereocenters. The zero-order valence-corrected chi connectivity index (χ0v) is 33.7. The van der Waals surface area contributed by atoms with Crippen molar-refractivity contribution in [1.29, 1.82) is 0 Å². The molecule has 6 unspecified atom stereocenters. The molecule has 0 aliphatic carbocycles. The molecule has 0 aromatic rings. The maximum absolute atomic E-state index is 2.42. The van der Waals surface area contributed by atoms with E-state index >= 15 is 0 Å². The van der Waals surface area contributed by atoms with Crippen LogP contribution in [0.3, 0.4) is 0 Å². The Labute approximate surface area is 225 Å². The van der Waals surface area contributed by atoms with Crippen molar-refractivity contribution in [3.05, 3.63) is 0 Å². The molecule has 0 spiro atoms. The van der Waals surface area contributed by atoms with Gasteiger partial charge in [-0.1, -0.05) is 0 Å². The summed E-state index contributed by atoms with van der Waals surface area (Å²) in [4.78, 5) is 0. The van der Waals surface area contributed by atoms with Crippen molar-refractivity contribution in [1.82, 2.24) is 0 Å². The molecular weight excluding hydrogens is 687 g/mol. The normalized spacial score (nSPS) is 17.4. The Balaban J connectivity index is 0. The molecule has 0 aliphatic rings. The summed E-state index contributed by atoms with van der Waals surface area (Å²) in [6.45, 7) is 50.8. The molecular formula is C24H60P6Pd2. The predicted molar refractivity (Wildman–Crippen MR) is 168 cm³/mol. The van der Waals surface area contributed by atoms with Crippen molar-refractivity contribution in [2.75, 3.05) is 0 Å². The topological polar surface area (TPSA) is 0 Å². The molecule has 0 heterocycles. The van der Waals surface area contributed by atoms with E-state index in [1.54, 1.807) is 0 Å². The molecule has 0 nitrogen and oxygen atoms in total. The van der Waals surface area contributed by atoms with Crippen molar-refractivity contribution in [2.24, 2.45) is 0 Å². The van der Waals surface area contributed by atoms with Crippen LogP contribution in [0.2, 0.25) is 0 Å². The van der Waals surface area contributed by atoms with Crippen LogP contribution in [0, 0.1) is 0 Å². The Morgan fingerprint density at radius 2 is 0.344 bits per heavy atom. The van der Waals surface area contributed by atoms with Crippen LogP contribution in [0.25, 0.3) is 0 Å². The van der Waals surface area contributed by atoms with Crippen molar-refractivity contribution < 1.29 is 30.5 Å². The molecule has 0 N–H and O–H groups in total. The van der Waals surface area contributed by atoms with E-state index in [-0.39, 0.29) is 30.5 Å². The van der Waals surface area contributed by atoms with Crippen LogP contribution in [0.4, 0.5) is 0 Å². The summed E-state index contributed by atoms with van der Waals surface area (Å²) in [5, 5.41) is 3.32. The van der Waals surface area contributed by atoms with Gasteiger partial charge in [0.05, 0.1) is 0 Å². The molecule has 8 heteroatoms. The van der Waals surface area contributed by atoms with Gasteiger partial charge in [0.15, 0.2) is 0 Å². The average Bonchev–Trinajstić information content (AvgIpc) is 2.24. The zero-order valence-electron chi connectivity index (χ0n) is 24.6. The van der Waals surface area contributed by atoms with Crippen molar-refractivity contribution in [3.8, 4) is 0 Å². The van der Waals surface area contributed by atoms with Crippen LogP contribution in [0.1, 0.15) is 125 Å². The van der Waals surface area contributed by atoms with Crippen molar-refractivity contribution in [3.63, 3.8) is 0 Å². The second kappa shape index (κ2) is 14.9. The summed E-state index contributed by atoms with van der Waals surface area (Å²) in [5.41, 5.74) is 0. The SMILES string of the molecule is CC(C)(C)[PH][Pd]([PH]C(C)(C)C)[PH]C(C)(C)C.CC(C)(C)[PH][Pd]([PH]C(C)(C)C)[PH]C(C)(C)C. The first-order valence-corrected chi connectivity index (χ1v) is 30.3. The van der Waals surface area contributed by atoms with Crippen LogP contribution in [0.15, 0.2) is 0 Å². The molecule has 32 heavy (non-hydrogen) atoms. The second-order valence-electron chi connectivity index (χ2n) is 14.4. The summed E-state index contributed by atoms with van der Waals surface area (Å²) < 4.78 is 0. The number of hydrogen-bond acceptors (Lipinski definition) is 0. The van der Waals surface area contributed by atoms with Crippen LogP contribution in [-0.2, 0) is 30.5 Å². The molecule has 0 saturated heterocycles. The molecule has 206 valence electrons. The first-order valence-electron chi connectivity index (χ1n) is 11.4. The van der Waals surface area contributed by atoms with E-state index in [9.17, 15) is 0 Å². The minimum absolute atomic E-state index is 0.290. The average molecular weight is 747 g/mol. The van der Waals surface area contributed by atoms with Gasteiger partial charge in [0, 0.05) is 0 Å². The van der Waals surface area contributed by atoms with Crippen LogP contribution >= 0.6 is 40.6 Å². The fourth-order valence-corrected chi connectivity index (χ4v) is 82.1. The third kappa shape index (κ3) is 31.9. The summed E-state index contributed by atoms with van der Waals surface area (Å²) >= 11 is -0.581. The van der Waals surface area contributed by atoms with Gasteiger partial charge in [0.1, 0.15) is 0 Å². The third-order valence-corrected chi connectivity index (χ3v) is 50.5. The Morgan fingerprint density at radius 1 is 0.250 bits per heavy atom. The van der Waals surface area contributed by atoms with Gasteiger partial charge in [0.25, 0.3) is 0 Å². The quantitative estimate of drug-likeness (QED) is 0.188. The fraction of sp³-hybridized carbons (Fsp3) is 1.00. The van der Waals surface area contributed by atoms with Gasteiger partial charge in [-0.25, -0.2) is 0 Å². The van der Waals surface area contributed by atoms with Gasteiger partial charge in [-0.3, -0.25) is 0 Å². The monoisotopic (exact) mass is 746 g/mol. The number of rotatable bonds is 6. The van der Waals surface area contributed by atoms with Gasteiger partial charge in [-0.15, -0.1) is 0 Å². The molecule has 0 bridgehead atoms. The van der Waals surface area contributed by atoms with Gasteiger partial charge >= 0.3 is 227 Å². The molecule has 0 saturated carbocycles. The van der Waals surface area contributed by atoms with Gasteiger partial charge in [-0.05, 0) is 0 Å². The maximum atomic E-state index is 2.42. The first-order chi connectivity index (χ1) is 13.6. The molecule has 0 aliphatic heterocycles. The van der Waals surface area contributed by atoms with Gasteiger partial charge < -0.3 is 0 Å². The van der Waals surface area contributed by atoms with Gasteiger partial charge in [0.2, 0.25) is 0 Å². The molecule has 0 amide bonds. The van der Waals surface area contributed by atoms with E-state index in [0.29, 0.717) is 30.9 Å². The third-order valence-electron chi connectivity index (χ3n) is 1.90. The van der Waals surface area contributed by atoms with E-state index in [2.05, 4.69) is 125 Å². The van der Waals surface area contributed by atoms with E-state index in [0.717, 1.165) is 0 Å². The van der Waals surface area contributed by atoms with Crippen molar-refractivity contribution in [2.45, 2.75) is 156 Å². The van der Waals surface area contributed by atoms with E-state index in [1.165, 1.54) is 40.6 Å². The minimum atomic E-state index is -0.290. The van der Waals surface area contributed by atoms with Crippen LogP contribution in [-0.4, -0.2) is 30.9 Å². The second-order valence-corrected chi connectivity index (χ2v) is 56.2. The fourth-order valence-electron chi connectivity index (χ4n) is 1.54. The Morgan fingerprint density at radius 3 is 0.406 bits per heavy atom. The molecule has 0 aromatic carbocycles.